The fraction of sp³-hybridized carbons (Fsp3) is 0.158. The second-order valence-electron chi connectivity index (χ2n) is 5.90. The van der Waals surface area contributed by atoms with Gasteiger partial charge in [0.2, 0.25) is 10.0 Å². The number of nitrogens with one attached hydrogen (secondary N) is 1. The van der Waals surface area contributed by atoms with E-state index in [1.807, 2.05) is 0 Å². The van der Waals surface area contributed by atoms with Gasteiger partial charge >= 0.3 is 5.97 Å². The molecule has 2 aromatic carbocycles. The van der Waals surface area contributed by atoms with Crippen LogP contribution in [-0.4, -0.2) is 26.4 Å². The van der Waals surface area contributed by atoms with E-state index in [-0.39, 0.29) is 34.5 Å². The molecule has 0 radical (unpaired) electrons. The molecule has 0 atom stereocenters. The molecule has 3 aromatic rings. The predicted molar refractivity (Wildman–Crippen MR) is 110 cm³/mol. The van der Waals surface area contributed by atoms with Crippen LogP contribution < -0.4 is 9.46 Å². The predicted octanol–water partition coefficient (Wildman–Crippen LogP) is 3.78. The molecule has 0 amide bonds. The highest BCUT2D eigenvalue weighted by Gasteiger charge is 2.19. The number of nitrogens with zero attached hydrogens (tertiary/aromatic N) is 1. The molecule has 0 aliphatic carbocycles. The topological polar surface area (TPSA) is 94.6 Å². The van der Waals surface area contributed by atoms with Crippen molar-refractivity contribution >= 4 is 38.9 Å². The largest absolute Gasteiger partial charge is 0.486 e. The zero-order valence-electron chi connectivity index (χ0n) is 15.6. The molecule has 1 N–H and O–H groups in total. The van der Waals surface area contributed by atoms with Crippen LogP contribution in [0.1, 0.15) is 21.1 Å². The molecule has 1 heterocycles. The van der Waals surface area contributed by atoms with Crippen LogP contribution in [0, 0.1) is 5.82 Å². The fourth-order valence-electron chi connectivity index (χ4n) is 2.32. The number of carbonyl (C=O) groups excluding carboxylic acids is 1. The van der Waals surface area contributed by atoms with Crippen LogP contribution in [0.2, 0.25) is 5.02 Å². The molecule has 0 fully saturated rings. The van der Waals surface area contributed by atoms with Crippen LogP contribution in [0.3, 0.4) is 0 Å². The molecule has 0 saturated heterocycles. The van der Waals surface area contributed by atoms with Gasteiger partial charge < -0.3 is 9.47 Å². The number of benzene rings is 2. The van der Waals surface area contributed by atoms with E-state index < -0.39 is 16.0 Å². The second kappa shape index (κ2) is 9.52. The zero-order valence-corrected chi connectivity index (χ0v) is 18.0. The number of aromatic nitrogens is 1. The molecule has 11 heteroatoms. The molecule has 0 saturated carbocycles. The summed E-state index contributed by atoms with van der Waals surface area (Å²) in [4.78, 5) is 16.6. The minimum atomic E-state index is -3.73. The van der Waals surface area contributed by atoms with Crippen molar-refractivity contribution in [1.82, 2.24) is 9.71 Å². The first-order chi connectivity index (χ1) is 14.3. The third kappa shape index (κ3) is 5.54. The Morgan fingerprint density at radius 1 is 1.20 bits per heavy atom. The van der Waals surface area contributed by atoms with E-state index >= 15 is 0 Å². The highest BCUT2D eigenvalue weighted by atomic mass is 35.5. The van der Waals surface area contributed by atoms with Gasteiger partial charge in [-0.1, -0.05) is 11.6 Å². The van der Waals surface area contributed by atoms with Crippen molar-refractivity contribution in [2.75, 3.05) is 7.05 Å². The average molecular weight is 471 g/mol. The molecule has 3 rings (SSSR count). The van der Waals surface area contributed by atoms with Crippen molar-refractivity contribution in [3.8, 4) is 5.75 Å². The first-order valence-corrected chi connectivity index (χ1v) is 11.2. The SMILES string of the molecule is CNS(=O)(=O)c1ccc(Cl)c(C(=O)OCc2csc(COc3ccc(F)cc3)n2)c1. The maximum absolute atomic E-state index is 12.9. The van der Waals surface area contributed by atoms with Crippen LogP contribution >= 0.6 is 22.9 Å². The van der Waals surface area contributed by atoms with Crippen molar-refractivity contribution in [1.29, 1.82) is 0 Å². The Morgan fingerprint density at radius 3 is 2.63 bits per heavy atom. The van der Waals surface area contributed by atoms with Crippen LogP contribution in [0.15, 0.2) is 52.7 Å². The molecule has 0 unspecified atom stereocenters. The number of sulfonamides is 1. The molecular formula is C19H16ClFN2O5S2. The van der Waals surface area contributed by atoms with Crippen molar-refractivity contribution in [2.24, 2.45) is 0 Å². The lowest BCUT2D eigenvalue weighted by Crippen LogP contribution is -2.19. The normalized spacial score (nSPS) is 11.3. The smallest absolute Gasteiger partial charge is 0.340 e. The van der Waals surface area contributed by atoms with Gasteiger partial charge in [0.25, 0.3) is 0 Å². The summed E-state index contributed by atoms with van der Waals surface area (Å²) in [5.41, 5.74) is 0.435. The Hall–Kier alpha value is -2.53. The molecule has 0 aliphatic rings. The number of esters is 1. The lowest BCUT2D eigenvalue weighted by Gasteiger charge is -2.08. The summed E-state index contributed by atoms with van der Waals surface area (Å²) < 4.78 is 49.6. The van der Waals surface area contributed by atoms with E-state index in [1.165, 1.54) is 54.8 Å². The summed E-state index contributed by atoms with van der Waals surface area (Å²) >= 11 is 7.33. The van der Waals surface area contributed by atoms with Gasteiger partial charge in [0.05, 0.1) is 21.2 Å². The number of hydrogen-bond acceptors (Lipinski definition) is 7. The minimum absolute atomic E-state index is 0.0666. The van der Waals surface area contributed by atoms with Crippen LogP contribution in [0.4, 0.5) is 4.39 Å². The van der Waals surface area contributed by atoms with Gasteiger partial charge in [-0.25, -0.2) is 27.3 Å². The summed E-state index contributed by atoms with van der Waals surface area (Å²) in [6, 6.07) is 9.37. The van der Waals surface area contributed by atoms with Gasteiger partial charge in [0, 0.05) is 5.38 Å². The van der Waals surface area contributed by atoms with Crippen LogP contribution in [0.25, 0.3) is 0 Å². The van der Waals surface area contributed by atoms with E-state index in [4.69, 9.17) is 21.1 Å². The highest BCUT2D eigenvalue weighted by Crippen LogP contribution is 2.22. The average Bonchev–Trinajstić information content (AvgIpc) is 3.19. The Balaban J connectivity index is 1.60. The fourth-order valence-corrected chi connectivity index (χ4v) is 3.96. The molecule has 1 aromatic heterocycles. The van der Waals surface area contributed by atoms with Gasteiger partial charge in [-0.2, -0.15) is 0 Å². The molecule has 0 aliphatic heterocycles. The van der Waals surface area contributed by atoms with Crippen molar-refractivity contribution in [3.63, 3.8) is 0 Å². The summed E-state index contributed by atoms with van der Waals surface area (Å²) in [5.74, 6) is -0.620. The third-order valence-electron chi connectivity index (χ3n) is 3.86. The standard InChI is InChI=1S/C19H16ClFN2O5S2/c1-22-30(25,26)15-6-7-17(20)16(8-15)19(24)28-9-13-11-29-18(23-13)10-27-14-4-2-12(21)3-5-14/h2-8,11,22H,9-10H2,1H3. The first kappa shape index (κ1) is 22.2. The van der Waals surface area contributed by atoms with E-state index in [1.54, 1.807) is 5.38 Å². The number of carbonyl (C=O) groups is 1. The number of halogens is 2. The summed E-state index contributed by atoms with van der Waals surface area (Å²) in [6.45, 7) is 0.0607. The van der Waals surface area contributed by atoms with E-state index in [0.29, 0.717) is 16.5 Å². The number of hydrogen-bond donors (Lipinski definition) is 1. The quantitative estimate of drug-likeness (QED) is 0.503. The molecule has 158 valence electrons. The van der Waals surface area contributed by atoms with Gasteiger partial charge in [-0.15, -0.1) is 11.3 Å². The maximum atomic E-state index is 12.9. The van der Waals surface area contributed by atoms with E-state index in [2.05, 4.69) is 9.71 Å². The maximum Gasteiger partial charge on any atom is 0.340 e. The number of ether oxygens (including phenoxy) is 2. The molecule has 30 heavy (non-hydrogen) atoms. The molecular weight excluding hydrogens is 455 g/mol. The number of thiazole rings is 1. The molecule has 0 spiro atoms. The van der Waals surface area contributed by atoms with E-state index in [0.717, 1.165) is 6.07 Å². The van der Waals surface area contributed by atoms with Crippen molar-refractivity contribution in [3.05, 3.63) is 74.9 Å². The summed E-state index contributed by atoms with van der Waals surface area (Å²) in [6.07, 6.45) is 0. The number of rotatable bonds is 8. The lowest BCUT2D eigenvalue weighted by atomic mass is 10.2. The van der Waals surface area contributed by atoms with Crippen LogP contribution in [-0.2, 0) is 28.0 Å². The Bertz CT molecular complexity index is 1150. The van der Waals surface area contributed by atoms with Crippen molar-refractivity contribution in [2.45, 2.75) is 18.1 Å². The van der Waals surface area contributed by atoms with E-state index in [9.17, 15) is 17.6 Å². The van der Waals surface area contributed by atoms with Crippen LogP contribution in [0.5, 0.6) is 5.75 Å². The summed E-state index contributed by atoms with van der Waals surface area (Å²) in [5, 5.41) is 2.42. The van der Waals surface area contributed by atoms with Gasteiger partial charge in [0.15, 0.2) is 0 Å². The minimum Gasteiger partial charge on any atom is -0.486 e. The van der Waals surface area contributed by atoms with Crippen molar-refractivity contribution < 1.29 is 27.1 Å². The monoisotopic (exact) mass is 470 g/mol. The van der Waals surface area contributed by atoms with Gasteiger partial charge in [-0.05, 0) is 49.5 Å². The Kier molecular flexibility index (Phi) is 7.03. The Labute approximate surface area is 181 Å². The first-order valence-electron chi connectivity index (χ1n) is 8.50. The van der Waals surface area contributed by atoms with Gasteiger partial charge in [0.1, 0.15) is 29.8 Å². The summed E-state index contributed by atoms with van der Waals surface area (Å²) in [7, 11) is -2.46. The zero-order chi connectivity index (χ0) is 21.7. The Morgan fingerprint density at radius 2 is 1.93 bits per heavy atom. The third-order valence-corrected chi connectivity index (χ3v) is 6.48. The molecule has 7 nitrogen and oxygen atoms in total. The van der Waals surface area contributed by atoms with Gasteiger partial charge in [-0.3, -0.25) is 0 Å². The second-order valence-corrected chi connectivity index (χ2v) is 9.14. The lowest BCUT2D eigenvalue weighted by molar-refractivity contribution is 0.0468. The molecule has 0 bridgehead atoms. The highest BCUT2D eigenvalue weighted by molar-refractivity contribution is 7.89.